The minimum atomic E-state index is -0.454. The van der Waals surface area contributed by atoms with Gasteiger partial charge in [0.2, 0.25) is 0 Å². The number of carbonyl (C=O) groups excluding carboxylic acids is 1. The summed E-state index contributed by atoms with van der Waals surface area (Å²) in [6.07, 6.45) is 1.77. The molecule has 0 spiro atoms. The Balaban J connectivity index is 1.82. The first-order chi connectivity index (χ1) is 10.7. The molecule has 0 saturated heterocycles. The molecule has 1 aliphatic rings. The molecule has 5 heteroatoms. The van der Waals surface area contributed by atoms with Crippen molar-refractivity contribution in [2.24, 2.45) is 0 Å². The van der Waals surface area contributed by atoms with Gasteiger partial charge >= 0.3 is 5.97 Å². The Hall–Kier alpha value is -1.97. The summed E-state index contributed by atoms with van der Waals surface area (Å²) >= 11 is 11.7. The van der Waals surface area contributed by atoms with E-state index in [0.717, 1.165) is 16.9 Å². The van der Waals surface area contributed by atoms with E-state index in [1.165, 1.54) is 0 Å². The second-order valence-corrected chi connectivity index (χ2v) is 5.51. The zero-order valence-electron chi connectivity index (χ0n) is 11.5. The minimum Gasteiger partial charge on any atom is -0.488 e. The van der Waals surface area contributed by atoms with E-state index in [4.69, 9.17) is 32.7 Å². The highest BCUT2D eigenvalue weighted by molar-refractivity contribution is 6.30. The number of esters is 1. The highest BCUT2D eigenvalue weighted by Crippen LogP contribution is 2.28. The SMILES string of the molecule is O=C(Oc1cccc(Cl)c1)C1=Cc2cc(CCl)ccc2OC1. The van der Waals surface area contributed by atoms with Crippen molar-refractivity contribution in [3.63, 3.8) is 0 Å². The number of hydrogen-bond acceptors (Lipinski definition) is 3. The Kier molecular flexibility index (Phi) is 4.36. The number of fused-ring (bicyclic) bond motifs is 1. The predicted octanol–water partition coefficient (Wildman–Crippen LogP) is 4.46. The second kappa shape index (κ2) is 6.42. The van der Waals surface area contributed by atoms with Gasteiger partial charge in [-0.15, -0.1) is 11.6 Å². The molecule has 0 aliphatic carbocycles. The normalized spacial score (nSPS) is 12.9. The van der Waals surface area contributed by atoms with Gasteiger partial charge in [-0.2, -0.15) is 0 Å². The second-order valence-electron chi connectivity index (χ2n) is 4.81. The summed E-state index contributed by atoms with van der Waals surface area (Å²) < 4.78 is 10.9. The molecule has 0 unspecified atom stereocenters. The average molecular weight is 335 g/mol. The van der Waals surface area contributed by atoms with Crippen molar-refractivity contribution in [1.82, 2.24) is 0 Å². The van der Waals surface area contributed by atoms with Crippen LogP contribution in [0.15, 0.2) is 48.0 Å². The van der Waals surface area contributed by atoms with Gasteiger partial charge in [-0.1, -0.05) is 23.7 Å². The van der Waals surface area contributed by atoms with E-state index >= 15 is 0 Å². The Morgan fingerprint density at radius 3 is 2.86 bits per heavy atom. The zero-order chi connectivity index (χ0) is 15.5. The summed E-state index contributed by atoms with van der Waals surface area (Å²) in [7, 11) is 0. The van der Waals surface area contributed by atoms with Crippen LogP contribution in [0.1, 0.15) is 11.1 Å². The molecule has 0 fully saturated rings. The molecule has 0 amide bonds. The molecule has 0 bridgehead atoms. The molecular formula is C17H12Cl2O3. The first kappa shape index (κ1) is 14.9. The number of alkyl halides is 1. The summed E-state index contributed by atoms with van der Waals surface area (Å²) in [4.78, 5) is 12.2. The molecule has 0 N–H and O–H groups in total. The van der Waals surface area contributed by atoms with E-state index in [2.05, 4.69) is 0 Å². The van der Waals surface area contributed by atoms with Crippen molar-refractivity contribution in [2.75, 3.05) is 6.61 Å². The molecule has 0 radical (unpaired) electrons. The summed E-state index contributed by atoms with van der Waals surface area (Å²) in [6, 6.07) is 12.3. The van der Waals surface area contributed by atoms with Gasteiger partial charge in [-0.3, -0.25) is 0 Å². The Labute approximate surface area is 138 Å². The van der Waals surface area contributed by atoms with E-state index in [0.29, 0.717) is 22.2 Å². The predicted molar refractivity (Wildman–Crippen MR) is 86.6 cm³/mol. The minimum absolute atomic E-state index is 0.173. The molecule has 0 atom stereocenters. The maximum Gasteiger partial charge on any atom is 0.342 e. The van der Waals surface area contributed by atoms with Gasteiger partial charge in [0, 0.05) is 16.5 Å². The van der Waals surface area contributed by atoms with Gasteiger partial charge in [-0.05, 0) is 42.0 Å². The molecule has 1 heterocycles. The van der Waals surface area contributed by atoms with Crippen molar-refractivity contribution in [2.45, 2.75) is 5.88 Å². The van der Waals surface area contributed by atoms with Gasteiger partial charge in [-0.25, -0.2) is 4.79 Å². The number of carbonyl (C=O) groups is 1. The highest BCUT2D eigenvalue weighted by Gasteiger charge is 2.19. The fourth-order valence-electron chi connectivity index (χ4n) is 2.13. The van der Waals surface area contributed by atoms with E-state index in [1.807, 2.05) is 18.2 Å². The Morgan fingerprint density at radius 2 is 2.09 bits per heavy atom. The van der Waals surface area contributed by atoms with Crippen LogP contribution in [0, 0.1) is 0 Å². The number of benzene rings is 2. The van der Waals surface area contributed by atoms with Gasteiger partial charge < -0.3 is 9.47 Å². The number of hydrogen-bond donors (Lipinski definition) is 0. The van der Waals surface area contributed by atoms with Crippen molar-refractivity contribution < 1.29 is 14.3 Å². The van der Waals surface area contributed by atoms with E-state index in [1.54, 1.807) is 30.3 Å². The monoisotopic (exact) mass is 334 g/mol. The van der Waals surface area contributed by atoms with Crippen LogP contribution in [0.3, 0.4) is 0 Å². The van der Waals surface area contributed by atoms with Crippen LogP contribution in [-0.4, -0.2) is 12.6 Å². The maximum absolute atomic E-state index is 12.2. The van der Waals surface area contributed by atoms with Crippen LogP contribution in [0.5, 0.6) is 11.5 Å². The van der Waals surface area contributed by atoms with Crippen molar-refractivity contribution in [3.05, 3.63) is 64.2 Å². The smallest absolute Gasteiger partial charge is 0.342 e. The molecule has 0 saturated carbocycles. The van der Waals surface area contributed by atoms with Crippen LogP contribution in [0.2, 0.25) is 5.02 Å². The lowest BCUT2D eigenvalue weighted by Gasteiger charge is -2.17. The first-order valence-corrected chi connectivity index (χ1v) is 7.57. The summed E-state index contributed by atoms with van der Waals surface area (Å²) in [6.45, 7) is 0.173. The average Bonchev–Trinajstić information content (AvgIpc) is 2.53. The molecule has 22 heavy (non-hydrogen) atoms. The Bertz CT molecular complexity index is 753. The standard InChI is InChI=1S/C17H12Cl2O3/c18-9-11-4-5-16-12(6-11)7-13(10-21-16)17(20)22-15-3-1-2-14(19)8-15/h1-8H,9-10H2. The number of halogens is 2. The lowest BCUT2D eigenvalue weighted by atomic mass is 10.1. The largest absolute Gasteiger partial charge is 0.488 e. The molecule has 0 aromatic heterocycles. The third kappa shape index (κ3) is 3.26. The fourth-order valence-corrected chi connectivity index (χ4v) is 2.48. The lowest BCUT2D eigenvalue weighted by Crippen LogP contribution is -2.19. The quantitative estimate of drug-likeness (QED) is 0.472. The summed E-state index contributed by atoms with van der Waals surface area (Å²) in [5.74, 6) is 1.08. The molecular weight excluding hydrogens is 323 g/mol. The molecule has 3 nitrogen and oxygen atoms in total. The molecule has 1 aliphatic heterocycles. The van der Waals surface area contributed by atoms with Crippen LogP contribution < -0.4 is 9.47 Å². The van der Waals surface area contributed by atoms with Crippen LogP contribution in [-0.2, 0) is 10.7 Å². The van der Waals surface area contributed by atoms with Crippen molar-refractivity contribution in [1.29, 1.82) is 0 Å². The topological polar surface area (TPSA) is 35.5 Å². The maximum atomic E-state index is 12.2. The lowest BCUT2D eigenvalue weighted by molar-refractivity contribution is -0.130. The van der Waals surface area contributed by atoms with Gasteiger partial charge in [0.1, 0.15) is 18.1 Å². The molecule has 112 valence electrons. The third-order valence-electron chi connectivity index (χ3n) is 3.21. The number of ether oxygens (including phenoxy) is 2. The van der Waals surface area contributed by atoms with E-state index in [-0.39, 0.29) is 6.61 Å². The number of rotatable bonds is 3. The summed E-state index contributed by atoms with van der Waals surface area (Å²) in [5, 5.41) is 0.510. The van der Waals surface area contributed by atoms with Crippen molar-refractivity contribution in [3.8, 4) is 11.5 Å². The van der Waals surface area contributed by atoms with Gasteiger partial charge in [0.15, 0.2) is 0 Å². The van der Waals surface area contributed by atoms with Crippen LogP contribution in [0.25, 0.3) is 6.08 Å². The van der Waals surface area contributed by atoms with Gasteiger partial charge in [0.05, 0.1) is 5.57 Å². The highest BCUT2D eigenvalue weighted by atomic mass is 35.5. The Morgan fingerprint density at radius 1 is 1.23 bits per heavy atom. The fraction of sp³-hybridized carbons (Fsp3) is 0.118. The van der Waals surface area contributed by atoms with Crippen molar-refractivity contribution >= 4 is 35.2 Å². The van der Waals surface area contributed by atoms with E-state index in [9.17, 15) is 4.79 Å². The molecule has 3 rings (SSSR count). The van der Waals surface area contributed by atoms with Crippen LogP contribution >= 0.6 is 23.2 Å². The molecule has 2 aromatic rings. The van der Waals surface area contributed by atoms with Crippen LogP contribution in [0.4, 0.5) is 0 Å². The van der Waals surface area contributed by atoms with E-state index < -0.39 is 5.97 Å². The first-order valence-electron chi connectivity index (χ1n) is 6.66. The third-order valence-corrected chi connectivity index (χ3v) is 3.75. The molecule has 2 aromatic carbocycles. The summed E-state index contributed by atoms with van der Waals surface area (Å²) in [5.41, 5.74) is 2.23. The zero-order valence-corrected chi connectivity index (χ0v) is 13.0. The van der Waals surface area contributed by atoms with Gasteiger partial charge in [0.25, 0.3) is 0 Å².